The number of fused-ring (bicyclic) bond motifs is 1. The van der Waals surface area contributed by atoms with E-state index >= 15 is 0 Å². The van der Waals surface area contributed by atoms with Gasteiger partial charge < -0.3 is 14.7 Å². The second-order valence-electron chi connectivity index (χ2n) is 9.95. The summed E-state index contributed by atoms with van der Waals surface area (Å²) in [6, 6.07) is 11.6. The first kappa shape index (κ1) is 24.6. The molecule has 0 bridgehead atoms. The molecule has 0 saturated carbocycles. The van der Waals surface area contributed by atoms with Crippen LogP contribution < -0.4 is 5.32 Å². The first-order valence-corrected chi connectivity index (χ1v) is 12.9. The van der Waals surface area contributed by atoms with Crippen molar-refractivity contribution in [3.63, 3.8) is 0 Å². The number of alkyl halides is 3. The van der Waals surface area contributed by atoms with Crippen molar-refractivity contribution in [1.82, 2.24) is 29.8 Å². The molecule has 0 radical (unpaired) electrons. The highest BCUT2D eigenvalue weighted by atomic mass is 19.4. The van der Waals surface area contributed by atoms with Gasteiger partial charge in [0.1, 0.15) is 6.26 Å². The third kappa shape index (κ3) is 4.90. The van der Waals surface area contributed by atoms with E-state index < -0.39 is 12.0 Å². The molecule has 1 aliphatic carbocycles. The fraction of sp³-hybridized carbons (Fsp3) is 0.407. The number of halogens is 3. The van der Waals surface area contributed by atoms with Gasteiger partial charge in [-0.25, -0.2) is 4.98 Å². The Labute approximate surface area is 217 Å². The molecule has 1 aliphatic heterocycles. The van der Waals surface area contributed by atoms with E-state index in [4.69, 9.17) is 4.52 Å². The second-order valence-corrected chi connectivity index (χ2v) is 9.95. The van der Waals surface area contributed by atoms with Crippen molar-refractivity contribution in [3.8, 4) is 17.1 Å². The standard InChI is InChI=1S/C27H28F3N7O/c1-17-22(16-38-35-17)23-5-4-6-24(32-23)37-26(33-25(34-37)27(28,29)30)31-20-10-7-18-8-11-21(12-9-19(18)15-20)36-13-2-3-14-36/h4-7,10,15-16,21H,2-3,8-9,11-14H2,1H3,(H,31,33,34). The van der Waals surface area contributed by atoms with E-state index in [9.17, 15) is 13.2 Å². The number of aryl methyl sites for hydroxylation is 3. The summed E-state index contributed by atoms with van der Waals surface area (Å²) in [6.45, 7) is 4.12. The van der Waals surface area contributed by atoms with Crippen molar-refractivity contribution in [2.45, 2.75) is 57.7 Å². The zero-order chi connectivity index (χ0) is 26.3. The van der Waals surface area contributed by atoms with Gasteiger partial charge in [0, 0.05) is 11.7 Å². The van der Waals surface area contributed by atoms with E-state index in [0.717, 1.165) is 30.4 Å². The number of aromatic nitrogens is 5. The maximum Gasteiger partial charge on any atom is 0.453 e. The summed E-state index contributed by atoms with van der Waals surface area (Å²) in [5, 5.41) is 10.7. The number of hydrogen-bond acceptors (Lipinski definition) is 7. The van der Waals surface area contributed by atoms with Gasteiger partial charge in [-0.15, -0.1) is 5.10 Å². The van der Waals surface area contributed by atoms with Crippen LogP contribution in [0.2, 0.25) is 0 Å². The van der Waals surface area contributed by atoms with Crippen molar-refractivity contribution in [2.75, 3.05) is 18.4 Å². The molecule has 0 spiro atoms. The molecule has 38 heavy (non-hydrogen) atoms. The van der Waals surface area contributed by atoms with Crippen molar-refractivity contribution >= 4 is 11.6 Å². The van der Waals surface area contributed by atoms with Gasteiger partial charge in [0.15, 0.2) is 5.82 Å². The molecule has 1 unspecified atom stereocenters. The molecule has 2 aliphatic rings. The van der Waals surface area contributed by atoms with Crippen LogP contribution in [0.25, 0.3) is 17.1 Å². The predicted molar refractivity (Wildman–Crippen MR) is 135 cm³/mol. The van der Waals surface area contributed by atoms with Gasteiger partial charge in [0.25, 0.3) is 5.82 Å². The number of rotatable bonds is 5. The van der Waals surface area contributed by atoms with Crippen molar-refractivity contribution < 1.29 is 17.7 Å². The Morgan fingerprint density at radius 2 is 1.79 bits per heavy atom. The molecular formula is C27H28F3N7O. The lowest BCUT2D eigenvalue weighted by molar-refractivity contribution is -0.144. The zero-order valence-electron chi connectivity index (χ0n) is 21.0. The first-order chi connectivity index (χ1) is 18.3. The molecule has 1 atom stereocenters. The van der Waals surface area contributed by atoms with Gasteiger partial charge in [-0.05, 0) is 93.9 Å². The summed E-state index contributed by atoms with van der Waals surface area (Å²) in [5.41, 5.74) is 4.97. The minimum atomic E-state index is -4.71. The van der Waals surface area contributed by atoms with Gasteiger partial charge >= 0.3 is 6.18 Å². The SMILES string of the molecule is Cc1nocc1-c1cccc(-n2nc(C(F)(F)F)nc2Nc2ccc3c(c2)CCC(N2CCCC2)CC3)n1. The molecule has 4 aromatic rings. The summed E-state index contributed by atoms with van der Waals surface area (Å²) < 4.78 is 46.9. The largest absolute Gasteiger partial charge is 0.453 e. The Morgan fingerprint density at radius 3 is 2.53 bits per heavy atom. The number of hydrogen-bond donors (Lipinski definition) is 1. The summed E-state index contributed by atoms with van der Waals surface area (Å²) in [7, 11) is 0. The minimum Gasteiger partial charge on any atom is -0.364 e. The summed E-state index contributed by atoms with van der Waals surface area (Å²) in [6.07, 6.45) is 3.46. The average molecular weight is 524 g/mol. The zero-order valence-corrected chi connectivity index (χ0v) is 21.0. The van der Waals surface area contributed by atoms with Crippen LogP contribution >= 0.6 is 0 Å². The Morgan fingerprint density at radius 1 is 1.00 bits per heavy atom. The lowest BCUT2D eigenvalue weighted by Gasteiger charge is -2.25. The number of anilines is 2. The molecular weight excluding hydrogens is 495 g/mol. The quantitative estimate of drug-likeness (QED) is 0.334. The Balaban J connectivity index is 1.30. The highest BCUT2D eigenvalue weighted by Crippen LogP contribution is 2.32. The molecule has 198 valence electrons. The average Bonchev–Trinajstić information content (AvgIpc) is 3.64. The lowest BCUT2D eigenvalue weighted by atomic mass is 10.0. The van der Waals surface area contributed by atoms with E-state index in [1.807, 2.05) is 12.1 Å². The molecule has 11 heteroatoms. The van der Waals surface area contributed by atoms with Gasteiger partial charge in [0.2, 0.25) is 5.95 Å². The van der Waals surface area contributed by atoms with Crippen LogP contribution in [0.1, 0.15) is 48.3 Å². The van der Waals surface area contributed by atoms with Crippen LogP contribution in [-0.2, 0) is 19.0 Å². The van der Waals surface area contributed by atoms with Crippen LogP contribution in [0, 0.1) is 6.92 Å². The topological polar surface area (TPSA) is 84.9 Å². The van der Waals surface area contributed by atoms with E-state index in [2.05, 4.69) is 36.5 Å². The maximum atomic E-state index is 13.6. The molecule has 4 heterocycles. The maximum absolute atomic E-state index is 13.6. The fourth-order valence-corrected chi connectivity index (χ4v) is 5.47. The monoisotopic (exact) mass is 523 g/mol. The van der Waals surface area contributed by atoms with Crippen molar-refractivity contribution in [3.05, 3.63) is 65.3 Å². The molecule has 0 amide bonds. The van der Waals surface area contributed by atoms with Crippen LogP contribution in [0.5, 0.6) is 0 Å². The van der Waals surface area contributed by atoms with Crippen LogP contribution in [0.3, 0.4) is 0 Å². The van der Waals surface area contributed by atoms with Gasteiger partial charge in [-0.1, -0.05) is 17.3 Å². The summed E-state index contributed by atoms with van der Waals surface area (Å²) in [4.78, 5) is 10.9. The van der Waals surface area contributed by atoms with Crippen molar-refractivity contribution in [1.29, 1.82) is 0 Å². The molecule has 1 N–H and O–H groups in total. The molecule has 1 saturated heterocycles. The summed E-state index contributed by atoms with van der Waals surface area (Å²) >= 11 is 0. The molecule has 3 aromatic heterocycles. The molecule has 1 fully saturated rings. The van der Waals surface area contributed by atoms with Gasteiger partial charge in [-0.2, -0.15) is 22.8 Å². The first-order valence-electron chi connectivity index (χ1n) is 12.9. The third-order valence-electron chi connectivity index (χ3n) is 7.45. The summed E-state index contributed by atoms with van der Waals surface area (Å²) in [5.74, 6) is -1.11. The normalized spacial score (nSPS) is 18.4. The molecule has 8 nitrogen and oxygen atoms in total. The molecule has 1 aromatic carbocycles. The van der Waals surface area contributed by atoms with Crippen LogP contribution in [0.15, 0.2) is 47.2 Å². The Hall–Kier alpha value is -3.73. The number of benzene rings is 1. The number of likely N-dealkylation sites (tertiary alicyclic amines) is 1. The van der Waals surface area contributed by atoms with Crippen LogP contribution in [0.4, 0.5) is 24.8 Å². The Bertz CT molecular complexity index is 1440. The van der Waals surface area contributed by atoms with E-state index in [-0.39, 0.29) is 11.8 Å². The van der Waals surface area contributed by atoms with E-state index in [1.165, 1.54) is 43.3 Å². The second kappa shape index (κ2) is 9.86. The van der Waals surface area contributed by atoms with E-state index in [1.54, 1.807) is 25.1 Å². The van der Waals surface area contributed by atoms with Crippen LogP contribution in [-0.4, -0.2) is 48.9 Å². The third-order valence-corrected chi connectivity index (χ3v) is 7.45. The van der Waals surface area contributed by atoms with E-state index in [0.29, 0.717) is 28.7 Å². The van der Waals surface area contributed by atoms with Gasteiger partial charge in [0.05, 0.1) is 17.0 Å². The number of nitrogens with one attached hydrogen (secondary N) is 1. The van der Waals surface area contributed by atoms with Gasteiger partial charge in [-0.3, -0.25) is 0 Å². The fourth-order valence-electron chi connectivity index (χ4n) is 5.47. The number of pyridine rings is 1. The number of nitrogens with zero attached hydrogens (tertiary/aromatic N) is 6. The highest BCUT2D eigenvalue weighted by molar-refractivity contribution is 5.62. The Kier molecular flexibility index (Phi) is 6.38. The lowest BCUT2D eigenvalue weighted by Crippen LogP contribution is -2.32. The minimum absolute atomic E-state index is 0.0625. The highest BCUT2D eigenvalue weighted by Gasteiger charge is 2.37. The molecule has 6 rings (SSSR count). The smallest absolute Gasteiger partial charge is 0.364 e. The predicted octanol–water partition coefficient (Wildman–Crippen LogP) is 5.73. The van der Waals surface area contributed by atoms with Crippen molar-refractivity contribution in [2.24, 2.45) is 0 Å².